The van der Waals surface area contributed by atoms with E-state index in [0.717, 1.165) is 11.9 Å². The molecule has 0 saturated carbocycles. The van der Waals surface area contributed by atoms with Crippen LogP contribution in [-0.4, -0.2) is 79.2 Å². The molecule has 2 aromatic rings. The van der Waals surface area contributed by atoms with Gasteiger partial charge in [-0.15, -0.1) is 5.10 Å². The molecular weight excluding hydrogens is 488 g/mol. The summed E-state index contributed by atoms with van der Waals surface area (Å²) in [5.74, 6) is -2.45. The van der Waals surface area contributed by atoms with E-state index in [0.29, 0.717) is 31.3 Å². The fraction of sp³-hybridized carbons (Fsp3) is 0.667. The summed E-state index contributed by atoms with van der Waals surface area (Å²) < 4.78 is 8.23. The van der Waals surface area contributed by atoms with Crippen LogP contribution in [0.5, 0.6) is 0 Å². The lowest BCUT2D eigenvalue weighted by Gasteiger charge is -2.39. The lowest BCUT2D eigenvalue weighted by atomic mass is 9.66. The second-order valence-electron chi connectivity index (χ2n) is 11.2. The topological polar surface area (TPSA) is 139 Å². The molecule has 3 fully saturated rings. The van der Waals surface area contributed by atoms with Crippen LogP contribution in [0, 0.1) is 17.8 Å². The van der Waals surface area contributed by atoms with Gasteiger partial charge >= 0.3 is 0 Å². The molecule has 11 heteroatoms. The Bertz CT molecular complexity index is 1230. The van der Waals surface area contributed by atoms with Gasteiger partial charge in [-0.25, -0.2) is 4.68 Å². The van der Waals surface area contributed by atoms with Crippen molar-refractivity contribution in [3.8, 4) is 0 Å². The second kappa shape index (κ2) is 9.92. The fourth-order valence-corrected chi connectivity index (χ4v) is 6.88. The molecule has 3 aliphatic rings. The monoisotopic (exact) mass is 526 g/mol. The Morgan fingerprint density at radius 2 is 1.97 bits per heavy atom. The number of amides is 3. The van der Waals surface area contributed by atoms with Gasteiger partial charge in [0, 0.05) is 6.54 Å². The van der Waals surface area contributed by atoms with E-state index >= 15 is 0 Å². The molecule has 38 heavy (non-hydrogen) atoms. The number of nitrogens with zero attached hydrogens (tertiary/aromatic N) is 4. The number of carbonyl (C=O) groups excluding carboxylic acids is 3. The molecule has 1 spiro atoms. The number of aromatic nitrogens is 3. The van der Waals surface area contributed by atoms with Crippen molar-refractivity contribution in [2.45, 2.75) is 83.3 Å². The van der Waals surface area contributed by atoms with Gasteiger partial charge in [-0.1, -0.05) is 44.5 Å². The highest BCUT2D eigenvalue weighted by molar-refractivity contribution is 5.99. The molecular formula is C27H38N6O5. The molecule has 1 aromatic heterocycles. The molecule has 3 saturated heterocycles. The number of ether oxygens (including phenoxy) is 1. The predicted molar refractivity (Wildman–Crippen MR) is 138 cm³/mol. The van der Waals surface area contributed by atoms with Gasteiger partial charge in [0.15, 0.2) is 0 Å². The number of likely N-dealkylation sites (tertiary alicyclic amines) is 1. The minimum absolute atomic E-state index is 0.0590. The Kier molecular flexibility index (Phi) is 6.93. The maximum Gasteiger partial charge on any atom is 0.247 e. The van der Waals surface area contributed by atoms with Crippen LogP contribution in [0.4, 0.5) is 0 Å². The van der Waals surface area contributed by atoms with Gasteiger partial charge < -0.3 is 25.4 Å². The van der Waals surface area contributed by atoms with Crippen molar-refractivity contribution in [2.24, 2.45) is 17.8 Å². The van der Waals surface area contributed by atoms with Crippen molar-refractivity contribution in [1.29, 1.82) is 0 Å². The highest BCUT2D eigenvalue weighted by Gasteiger charge is 2.78. The van der Waals surface area contributed by atoms with E-state index in [1.165, 1.54) is 4.90 Å². The molecule has 3 aliphatic heterocycles. The SMILES string of the molecule is CCCNC(=O)[C@@H]1[C@H]2C(=O)N([C@@H](CO)[C@@H](C)CC)C(C(=O)NCn3nnc4ccccc43)C23CC[C@@]1(C)O3. The van der Waals surface area contributed by atoms with Crippen LogP contribution >= 0.6 is 0 Å². The van der Waals surface area contributed by atoms with Crippen molar-refractivity contribution < 1.29 is 24.2 Å². The molecule has 3 N–H and O–H groups in total. The first-order chi connectivity index (χ1) is 18.2. The molecule has 7 atom stereocenters. The molecule has 206 valence electrons. The normalized spacial score (nSPS) is 31.4. The van der Waals surface area contributed by atoms with Gasteiger partial charge in [-0.3, -0.25) is 14.4 Å². The second-order valence-corrected chi connectivity index (χ2v) is 11.2. The van der Waals surface area contributed by atoms with Crippen LogP contribution in [-0.2, 0) is 25.8 Å². The van der Waals surface area contributed by atoms with Crippen LogP contribution in [0.1, 0.15) is 53.4 Å². The van der Waals surface area contributed by atoms with Gasteiger partial charge in [-0.2, -0.15) is 0 Å². The zero-order chi connectivity index (χ0) is 27.2. The van der Waals surface area contributed by atoms with E-state index in [1.54, 1.807) is 4.68 Å². The molecule has 0 aliphatic carbocycles. The van der Waals surface area contributed by atoms with E-state index in [4.69, 9.17) is 4.74 Å². The molecule has 3 amide bonds. The first-order valence-corrected chi connectivity index (χ1v) is 13.7. The van der Waals surface area contributed by atoms with Crippen molar-refractivity contribution in [3.63, 3.8) is 0 Å². The summed E-state index contributed by atoms with van der Waals surface area (Å²) >= 11 is 0. The highest BCUT2D eigenvalue weighted by Crippen LogP contribution is 2.63. The summed E-state index contributed by atoms with van der Waals surface area (Å²) in [6.45, 7) is 8.07. The number of carbonyl (C=O) groups is 3. The van der Waals surface area contributed by atoms with Gasteiger partial charge in [0.1, 0.15) is 23.8 Å². The number of aliphatic hydroxyl groups is 1. The van der Waals surface area contributed by atoms with E-state index in [1.807, 2.05) is 52.0 Å². The van der Waals surface area contributed by atoms with E-state index in [-0.39, 0.29) is 36.9 Å². The number of fused-ring (bicyclic) bond motifs is 2. The lowest BCUT2D eigenvalue weighted by Crippen LogP contribution is -2.59. The molecule has 2 unspecified atom stereocenters. The number of para-hydroxylation sites is 1. The Morgan fingerprint density at radius 1 is 1.21 bits per heavy atom. The summed E-state index contributed by atoms with van der Waals surface area (Å²) in [5, 5.41) is 24.6. The number of benzene rings is 1. The van der Waals surface area contributed by atoms with Crippen molar-refractivity contribution in [1.82, 2.24) is 30.5 Å². The van der Waals surface area contributed by atoms with Gasteiger partial charge in [0.2, 0.25) is 17.7 Å². The van der Waals surface area contributed by atoms with Crippen LogP contribution in [0.15, 0.2) is 24.3 Å². The van der Waals surface area contributed by atoms with Gasteiger partial charge in [0.05, 0.1) is 35.6 Å². The fourth-order valence-electron chi connectivity index (χ4n) is 6.88. The number of nitrogens with one attached hydrogen (secondary N) is 2. The van der Waals surface area contributed by atoms with Gasteiger partial charge in [-0.05, 0) is 44.2 Å². The van der Waals surface area contributed by atoms with Crippen molar-refractivity contribution in [3.05, 3.63) is 24.3 Å². The lowest BCUT2D eigenvalue weighted by molar-refractivity contribution is -0.151. The zero-order valence-electron chi connectivity index (χ0n) is 22.5. The number of aliphatic hydroxyl groups excluding tert-OH is 1. The Hall–Kier alpha value is -3.05. The average Bonchev–Trinajstić information content (AvgIpc) is 3.62. The van der Waals surface area contributed by atoms with Crippen LogP contribution < -0.4 is 10.6 Å². The molecule has 5 rings (SSSR count). The minimum Gasteiger partial charge on any atom is -0.394 e. The Balaban J connectivity index is 1.51. The third kappa shape index (κ3) is 3.89. The maximum absolute atomic E-state index is 14.2. The Labute approximate surface area is 222 Å². The van der Waals surface area contributed by atoms with Crippen LogP contribution in [0.3, 0.4) is 0 Å². The largest absolute Gasteiger partial charge is 0.394 e. The minimum atomic E-state index is -1.14. The van der Waals surface area contributed by atoms with Crippen LogP contribution in [0.25, 0.3) is 11.0 Å². The summed E-state index contributed by atoms with van der Waals surface area (Å²) in [6, 6.07) is 5.89. The molecule has 11 nitrogen and oxygen atoms in total. The first-order valence-electron chi connectivity index (χ1n) is 13.7. The van der Waals surface area contributed by atoms with Crippen molar-refractivity contribution >= 4 is 28.8 Å². The number of hydrogen-bond donors (Lipinski definition) is 3. The van der Waals surface area contributed by atoms with Crippen molar-refractivity contribution in [2.75, 3.05) is 13.2 Å². The summed E-state index contributed by atoms with van der Waals surface area (Å²) in [7, 11) is 0. The summed E-state index contributed by atoms with van der Waals surface area (Å²) in [5.41, 5.74) is -0.498. The summed E-state index contributed by atoms with van der Waals surface area (Å²) in [4.78, 5) is 43.1. The number of rotatable bonds is 10. The maximum atomic E-state index is 14.2. The quantitative estimate of drug-likeness (QED) is 0.423. The predicted octanol–water partition coefficient (Wildman–Crippen LogP) is 1.20. The first kappa shape index (κ1) is 26.6. The third-order valence-corrected chi connectivity index (χ3v) is 8.96. The molecule has 1 aromatic carbocycles. The van der Waals surface area contributed by atoms with E-state index in [9.17, 15) is 19.5 Å². The molecule has 4 heterocycles. The highest BCUT2D eigenvalue weighted by atomic mass is 16.5. The smallest absolute Gasteiger partial charge is 0.247 e. The van der Waals surface area contributed by atoms with E-state index < -0.39 is 35.1 Å². The van der Waals surface area contributed by atoms with E-state index in [2.05, 4.69) is 20.9 Å². The Morgan fingerprint density at radius 3 is 2.68 bits per heavy atom. The summed E-state index contributed by atoms with van der Waals surface area (Å²) in [6.07, 6.45) is 2.54. The molecule has 2 bridgehead atoms. The standard InChI is InChI=1S/C27H38N6O5/c1-5-13-28-23(35)20-21-25(37)33(19(14-34)16(3)6-2)22(27(21)12-11-26(20,4)38-27)24(36)29-15-32-18-10-8-7-9-17(18)30-31-32/h7-10,16,19-22,34H,5-6,11-15H2,1-4H3,(H,28,35)(H,29,36)/t16-,19-,20-,21-,22?,26+,27?/m0/s1. The average molecular weight is 527 g/mol. The van der Waals surface area contributed by atoms with Crippen LogP contribution in [0.2, 0.25) is 0 Å². The zero-order valence-corrected chi connectivity index (χ0v) is 22.5. The van der Waals surface area contributed by atoms with Gasteiger partial charge in [0.25, 0.3) is 0 Å². The number of hydrogen-bond acceptors (Lipinski definition) is 7. The third-order valence-electron chi connectivity index (χ3n) is 8.96. The molecule has 0 radical (unpaired) electrons.